The van der Waals surface area contributed by atoms with E-state index >= 15 is 0 Å². The van der Waals surface area contributed by atoms with E-state index in [0.717, 1.165) is 21.1 Å². The minimum absolute atomic E-state index is 0.105. The summed E-state index contributed by atoms with van der Waals surface area (Å²) in [5.74, 6) is -0.179. The van der Waals surface area contributed by atoms with Crippen LogP contribution >= 0.6 is 15.9 Å². The van der Waals surface area contributed by atoms with Gasteiger partial charge < -0.3 is 4.42 Å². The summed E-state index contributed by atoms with van der Waals surface area (Å²) < 4.78 is 7.81. The fourth-order valence-corrected chi connectivity index (χ4v) is 3.26. The van der Waals surface area contributed by atoms with Crippen LogP contribution in [0.25, 0.3) is 22.2 Å². The molecule has 1 aromatic carbocycles. The van der Waals surface area contributed by atoms with Crippen molar-refractivity contribution < 1.29 is 9.21 Å². The lowest BCUT2D eigenvalue weighted by atomic mass is 10.1. The number of pyridine rings is 1. The molecule has 0 amide bonds. The second-order valence-corrected chi connectivity index (χ2v) is 7.06. The van der Waals surface area contributed by atoms with Crippen LogP contribution in [0, 0.1) is 13.8 Å². The topological polar surface area (TPSA) is 78.0 Å². The summed E-state index contributed by atoms with van der Waals surface area (Å²) in [6, 6.07) is 8.91. The number of nitrogens with zero attached hydrogens (tertiary/aromatic N) is 3. The van der Waals surface area contributed by atoms with Crippen LogP contribution < -0.4 is 5.56 Å². The number of benzene rings is 1. The van der Waals surface area contributed by atoms with Crippen molar-refractivity contribution in [1.29, 1.82) is 0 Å². The molecule has 3 heterocycles. The van der Waals surface area contributed by atoms with Gasteiger partial charge in [0.15, 0.2) is 5.78 Å². The number of hydrogen-bond acceptors (Lipinski definition) is 5. The third-order valence-corrected chi connectivity index (χ3v) is 4.75. The number of ketones is 1. The van der Waals surface area contributed by atoms with Gasteiger partial charge in [0.05, 0.1) is 18.3 Å². The maximum Gasteiger partial charge on any atom is 0.297 e. The van der Waals surface area contributed by atoms with E-state index in [1.807, 2.05) is 19.9 Å². The smallest absolute Gasteiger partial charge is 0.297 e. The lowest BCUT2D eigenvalue weighted by Crippen LogP contribution is -2.24. The average molecular weight is 412 g/mol. The number of fused-ring (bicyclic) bond motifs is 3. The number of Topliss-reactive ketones (excluding diaryl/α,β-unsaturated/α-hetero) is 1. The fourth-order valence-electron chi connectivity index (χ4n) is 3.00. The van der Waals surface area contributed by atoms with Crippen LogP contribution in [0.5, 0.6) is 0 Å². The molecule has 7 heteroatoms. The summed E-state index contributed by atoms with van der Waals surface area (Å²) >= 11 is 3.33. The molecule has 0 spiro atoms. The van der Waals surface area contributed by atoms with E-state index in [-0.39, 0.29) is 17.9 Å². The normalized spacial score (nSPS) is 11.3. The van der Waals surface area contributed by atoms with E-state index in [4.69, 9.17) is 4.42 Å². The molecule has 0 N–H and O–H groups in total. The number of rotatable bonds is 3. The summed E-state index contributed by atoms with van der Waals surface area (Å²) in [6.45, 7) is 3.68. The molecule has 26 heavy (non-hydrogen) atoms. The molecule has 0 unspecified atom stereocenters. The van der Waals surface area contributed by atoms with Crippen molar-refractivity contribution in [2.24, 2.45) is 0 Å². The van der Waals surface area contributed by atoms with Crippen LogP contribution in [0.15, 0.2) is 50.3 Å². The summed E-state index contributed by atoms with van der Waals surface area (Å²) in [5, 5.41) is 0.731. The van der Waals surface area contributed by atoms with Crippen molar-refractivity contribution in [3.05, 3.63) is 68.3 Å². The predicted octanol–water partition coefficient (Wildman–Crippen LogP) is 3.80. The van der Waals surface area contributed by atoms with Gasteiger partial charge >= 0.3 is 0 Å². The van der Waals surface area contributed by atoms with Crippen molar-refractivity contribution in [2.75, 3.05) is 0 Å². The number of carbonyl (C=O) groups excluding carboxylic acids is 1. The van der Waals surface area contributed by atoms with E-state index in [1.54, 1.807) is 24.3 Å². The Morgan fingerprint density at radius 2 is 1.96 bits per heavy atom. The van der Waals surface area contributed by atoms with Crippen molar-refractivity contribution in [2.45, 2.75) is 20.4 Å². The molecule has 0 bridgehead atoms. The third kappa shape index (κ3) is 2.74. The zero-order chi connectivity index (χ0) is 18.4. The molecule has 0 fully saturated rings. The lowest BCUT2D eigenvalue weighted by Gasteiger charge is -2.04. The second-order valence-electron chi connectivity index (χ2n) is 6.15. The SMILES string of the molecule is Cc1cc(C)c2c(n1)oc1c(=O)n(CC(=O)c3ccc(Br)cc3)cnc12. The molecule has 6 nitrogen and oxygen atoms in total. The van der Waals surface area contributed by atoms with Gasteiger partial charge in [0.25, 0.3) is 5.56 Å². The van der Waals surface area contributed by atoms with E-state index in [2.05, 4.69) is 25.9 Å². The molecule has 0 saturated heterocycles. The van der Waals surface area contributed by atoms with Gasteiger partial charge in [-0.15, -0.1) is 0 Å². The number of carbonyl (C=O) groups is 1. The molecular weight excluding hydrogens is 398 g/mol. The van der Waals surface area contributed by atoms with Gasteiger partial charge in [0, 0.05) is 15.7 Å². The highest BCUT2D eigenvalue weighted by Crippen LogP contribution is 2.26. The number of aromatic nitrogens is 3. The molecule has 130 valence electrons. The summed E-state index contributed by atoms with van der Waals surface area (Å²) in [4.78, 5) is 33.9. The number of hydrogen-bond donors (Lipinski definition) is 0. The Morgan fingerprint density at radius 1 is 1.23 bits per heavy atom. The molecular formula is C19H14BrN3O3. The average Bonchev–Trinajstić information content (AvgIpc) is 2.97. The van der Waals surface area contributed by atoms with E-state index in [9.17, 15) is 9.59 Å². The first-order valence-electron chi connectivity index (χ1n) is 7.98. The Labute approximate surface area is 156 Å². The zero-order valence-electron chi connectivity index (χ0n) is 14.1. The van der Waals surface area contributed by atoms with E-state index < -0.39 is 5.56 Å². The van der Waals surface area contributed by atoms with E-state index in [0.29, 0.717) is 16.8 Å². The molecule has 0 aliphatic carbocycles. The van der Waals surface area contributed by atoms with Gasteiger partial charge in [-0.2, -0.15) is 0 Å². The lowest BCUT2D eigenvalue weighted by molar-refractivity contribution is 0.0970. The Kier molecular flexibility index (Phi) is 3.96. The van der Waals surface area contributed by atoms with Crippen molar-refractivity contribution in [1.82, 2.24) is 14.5 Å². The quantitative estimate of drug-likeness (QED) is 0.479. The molecule has 0 radical (unpaired) electrons. The highest BCUT2D eigenvalue weighted by atomic mass is 79.9. The van der Waals surface area contributed by atoms with Gasteiger partial charge in [0.1, 0.15) is 5.52 Å². The molecule has 0 aliphatic heterocycles. The Balaban J connectivity index is 1.79. The maximum absolute atomic E-state index is 12.8. The van der Waals surface area contributed by atoms with E-state index in [1.165, 1.54) is 10.9 Å². The highest BCUT2D eigenvalue weighted by Gasteiger charge is 2.18. The van der Waals surface area contributed by atoms with Crippen LogP contribution in [-0.2, 0) is 6.54 Å². The zero-order valence-corrected chi connectivity index (χ0v) is 15.7. The first-order valence-corrected chi connectivity index (χ1v) is 8.78. The Morgan fingerprint density at radius 3 is 2.69 bits per heavy atom. The van der Waals surface area contributed by atoms with Gasteiger partial charge in [-0.1, -0.05) is 28.1 Å². The minimum Gasteiger partial charge on any atom is -0.430 e. The molecule has 0 saturated carbocycles. The predicted molar refractivity (Wildman–Crippen MR) is 102 cm³/mol. The third-order valence-electron chi connectivity index (χ3n) is 4.22. The van der Waals surface area contributed by atoms with Crippen molar-refractivity contribution in [3.8, 4) is 0 Å². The number of aryl methyl sites for hydroxylation is 2. The number of furan rings is 1. The fraction of sp³-hybridized carbons (Fsp3) is 0.158. The molecule has 3 aromatic heterocycles. The minimum atomic E-state index is -0.393. The molecule has 0 atom stereocenters. The Hall–Kier alpha value is -2.80. The van der Waals surface area contributed by atoms with Gasteiger partial charge in [0.2, 0.25) is 11.3 Å². The maximum atomic E-state index is 12.8. The molecule has 4 aromatic rings. The Bertz CT molecular complexity index is 1220. The van der Waals surface area contributed by atoms with Crippen LogP contribution in [0.4, 0.5) is 0 Å². The van der Waals surface area contributed by atoms with Crippen LogP contribution in [0.2, 0.25) is 0 Å². The largest absolute Gasteiger partial charge is 0.430 e. The van der Waals surface area contributed by atoms with Crippen LogP contribution in [0.1, 0.15) is 21.6 Å². The van der Waals surface area contributed by atoms with Crippen molar-refractivity contribution in [3.63, 3.8) is 0 Å². The molecule has 4 rings (SSSR count). The highest BCUT2D eigenvalue weighted by molar-refractivity contribution is 9.10. The van der Waals surface area contributed by atoms with Crippen LogP contribution in [0.3, 0.4) is 0 Å². The molecule has 0 aliphatic rings. The van der Waals surface area contributed by atoms with Gasteiger partial charge in [-0.25, -0.2) is 9.97 Å². The van der Waals surface area contributed by atoms with Crippen LogP contribution in [-0.4, -0.2) is 20.3 Å². The summed E-state index contributed by atoms with van der Waals surface area (Å²) in [6.07, 6.45) is 1.38. The first kappa shape index (κ1) is 16.7. The number of halogens is 1. The first-order chi connectivity index (χ1) is 12.4. The summed E-state index contributed by atoms with van der Waals surface area (Å²) in [7, 11) is 0. The van der Waals surface area contributed by atoms with Gasteiger partial charge in [-0.05, 0) is 37.6 Å². The standard InChI is InChI=1S/C19H14BrN3O3/c1-10-7-11(2)22-18-15(10)16-17(26-18)19(25)23(9-21-16)8-14(24)12-3-5-13(20)6-4-12/h3-7,9H,8H2,1-2H3. The van der Waals surface area contributed by atoms with Gasteiger partial charge in [-0.3, -0.25) is 14.2 Å². The summed E-state index contributed by atoms with van der Waals surface area (Å²) in [5.41, 5.74) is 2.86. The second kappa shape index (κ2) is 6.17. The van der Waals surface area contributed by atoms with Crippen molar-refractivity contribution >= 4 is 43.9 Å². The monoisotopic (exact) mass is 411 g/mol.